The highest BCUT2D eigenvalue weighted by Gasteiger charge is 2.42. The van der Waals surface area contributed by atoms with E-state index in [2.05, 4.69) is 4.90 Å². The summed E-state index contributed by atoms with van der Waals surface area (Å²) in [5.74, 6) is 2.27. The predicted octanol–water partition coefficient (Wildman–Crippen LogP) is 2.50. The van der Waals surface area contributed by atoms with Crippen LogP contribution in [0.4, 0.5) is 0 Å². The highest BCUT2D eigenvalue weighted by molar-refractivity contribution is 5.84. The summed E-state index contributed by atoms with van der Waals surface area (Å²) in [6.45, 7) is 2.11. The molecule has 0 aromatic heterocycles. The van der Waals surface area contributed by atoms with Gasteiger partial charge in [0.2, 0.25) is 11.8 Å². The van der Waals surface area contributed by atoms with Gasteiger partial charge >= 0.3 is 0 Å². The van der Waals surface area contributed by atoms with E-state index in [0.29, 0.717) is 36.9 Å². The number of nitrogens with zero attached hydrogens (tertiary/aromatic N) is 2. The molecule has 0 spiro atoms. The molecule has 4 fully saturated rings. The van der Waals surface area contributed by atoms with Crippen molar-refractivity contribution in [1.29, 1.82) is 0 Å². The van der Waals surface area contributed by atoms with E-state index in [9.17, 15) is 9.59 Å². The molecular weight excluding hydrogens is 356 g/mol. The molecule has 5 rings (SSSR count). The van der Waals surface area contributed by atoms with Crippen molar-refractivity contribution >= 4 is 11.8 Å². The van der Waals surface area contributed by atoms with Crippen molar-refractivity contribution in [2.45, 2.75) is 44.6 Å². The molecule has 2 atom stereocenters. The van der Waals surface area contributed by atoms with Crippen LogP contribution in [-0.2, 0) is 16.0 Å². The van der Waals surface area contributed by atoms with Gasteiger partial charge in [0.05, 0.1) is 26.6 Å². The number of hydrogen-bond donors (Lipinski definition) is 0. The van der Waals surface area contributed by atoms with Crippen LogP contribution in [0.5, 0.6) is 11.5 Å². The number of carbonyl (C=O) groups excluding carboxylic acids is 2. The van der Waals surface area contributed by atoms with Gasteiger partial charge in [-0.05, 0) is 49.3 Å². The van der Waals surface area contributed by atoms with Crippen molar-refractivity contribution in [2.75, 3.05) is 33.9 Å². The number of methoxy groups -OCH3 is 2. The van der Waals surface area contributed by atoms with E-state index in [4.69, 9.17) is 9.47 Å². The minimum absolute atomic E-state index is 0.0341. The molecule has 0 N–H and O–H groups in total. The maximum absolute atomic E-state index is 13.0. The SMILES string of the molecule is COc1ccc(CC(=O)N2C[C@@H]3CC[C@H](C2)N(CC2CCC2)C3=O)cc1OC. The van der Waals surface area contributed by atoms with Gasteiger partial charge in [-0.15, -0.1) is 0 Å². The molecule has 2 bridgehead atoms. The lowest BCUT2D eigenvalue weighted by molar-refractivity contribution is -0.141. The fourth-order valence-corrected chi connectivity index (χ4v) is 4.71. The Hall–Kier alpha value is -2.24. The van der Waals surface area contributed by atoms with E-state index >= 15 is 0 Å². The van der Waals surface area contributed by atoms with Gasteiger partial charge < -0.3 is 19.3 Å². The van der Waals surface area contributed by atoms with Crippen molar-refractivity contribution in [3.05, 3.63) is 23.8 Å². The molecule has 1 aromatic carbocycles. The molecule has 1 aliphatic carbocycles. The van der Waals surface area contributed by atoms with Crippen LogP contribution < -0.4 is 9.47 Å². The van der Waals surface area contributed by atoms with E-state index < -0.39 is 0 Å². The average molecular weight is 386 g/mol. The molecule has 6 heteroatoms. The van der Waals surface area contributed by atoms with Crippen LogP contribution >= 0.6 is 0 Å². The number of amides is 2. The summed E-state index contributed by atoms with van der Waals surface area (Å²) in [5, 5.41) is 0. The van der Waals surface area contributed by atoms with Crippen molar-refractivity contribution in [3.8, 4) is 11.5 Å². The fourth-order valence-electron chi connectivity index (χ4n) is 4.71. The molecule has 0 unspecified atom stereocenters. The normalized spacial score (nSPS) is 24.7. The molecule has 3 heterocycles. The van der Waals surface area contributed by atoms with Crippen LogP contribution in [0, 0.1) is 11.8 Å². The van der Waals surface area contributed by atoms with Gasteiger partial charge in [-0.25, -0.2) is 0 Å². The summed E-state index contributed by atoms with van der Waals surface area (Å²) in [7, 11) is 3.19. The Morgan fingerprint density at radius 3 is 2.54 bits per heavy atom. The van der Waals surface area contributed by atoms with Crippen LogP contribution in [-0.4, -0.2) is 61.5 Å². The molecule has 4 aliphatic rings. The van der Waals surface area contributed by atoms with Gasteiger partial charge in [-0.1, -0.05) is 12.5 Å². The minimum atomic E-state index is -0.0341. The smallest absolute Gasteiger partial charge is 0.227 e. The molecule has 1 aromatic rings. The monoisotopic (exact) mass is 386 g/mol. The predicted molar refractivity (Wildman–Crippen MR) is 105 cm³/mol. The number of benzene rings is 1. The minimum Gasteiger partial charge on any atom is -0.493 e. The van der Waals surface area contributed by atoms with Crippen molar-refractivity contribution in [1.82, 2.24) is 9.80 Å². The average Bonchev–Trinajstić information content (AvgIpc) is 2.96. The molecule has 28 heavy (non-hydrogen) atoms. The summed E-state index contributed by atoms with van der Waals surface area (Å²) >= 11 is 0. The van der Waals surface area contributed by atoms with Crippen LogP contribution in [0.25, 0.3) is 0 Å². The maximum atomic E-state index is 13.0. The Bertz CT molecular complexity index is 746. The van der Waals surface area contributed by atoms with Crippen molar-refractivity contribution < 1.29 is 19.1 Å². The quantitative estimate of drug-likeness (QED) is 0.754. The largest absolute Gasteiger partial charge is 0.493 e. The first-order valence-electron chi connectivity index (χ1n) is 10.4. The number of fused-ring (bicyclic) bond motifs is 4. The zero-order valence-corrected chi connectivity index (χ0v) is 16.9. The lowest BCUT2D eigenvalue weighted by atomic mass is 9.83. The highest BCUT2D eigenvalue weighted by atomic mass is 16.5. The zero-order valence-electron chi connectivity index (χ0n) is 16.9. The van der Waals surface area contributed by atoms with Gasteiger partial charge in [0.25, 0.3) is 0 Å². The Labute approximate surface area is 166 Å². The van der Waals surface area contributed by atoms with Crippen LogP contribution in [0.1, 0.15) is 37.7 Å². The standard InChI is InChI=1S/C22H30N2O4/c1-27-19-9-6-16(10-20(19)28-2)11-21(25)23-13-17-7-8-18(14-23)24(22(17)26)12-15-4-3-5-15/h6,9-10,15,17-18H,3-5,7-8,11-14H2,1-2H3/t17-,18+/m0/s1. The Kier molecular flexibility index (Phi) is 5.47. The number of rotatable bonds is 6. The van der Waals surface area contributed by atoms with Gasteiger partial charge in [0.1, 0.15) is 0 Å². The summed E-state index contributed by atoms with van der Waals surface area (Å²) in [6, 6.07) is 5.77. The van der Waals surface area contributed by atoms with Crippen molar-refractivity contribution in [3.63, 3.8) is 0 Å². The lowest BCUT2D eigenvalue weighted by Gasteiger charge is -2.40. The van der Waals surface area contributed by atoms with Gasteiger partial charge in [0, 0.05) is 25.7 Å². The first kappa shape index (κ1) is 19.1. The summed E-state index contributed by atoms with van der Waals surface area (Å²) in [5.41, 5.74) is 0.900. The molecule has 3 saturated heterocycles. The third-order valence-electron chi connectivity index (χ3n) is 6.63. The van der Waals surface area contributed by atoms with Gasteiger partial charge in [-0.2, -0.15) is 0 Å². The van der Waals surface area contributed by atoms with E-state index in [0.717, 1.165) is 24.9 Å². The summed E-state index contributed by atoms with van der Waals surface area (Å²) < 4.78 is 10.6. The number of piperidine rings is 1. The van der Waals surface area contributed by atoms with E-state index in [1.165, 1.54) is 19.3 Å². The lowest BCUT2D eigenvalue weighted by Crippen LogP contribution is -2.50. The van der Waals surface area contributed by atoms with E-state index in [-0.39, 0.29) is 23.8 Å². The zero-order chi connectivity index (χ0) is 19.7. The Balaban J connectivity index is 1.44. The molecule has 2 amide bonds. The second-order valence-electron chi connectivity index (χ2n) is 8.38. The Morgan fingerprint density at radius 1 is 1.07 bits per heavy atom. The molecule has 1 saturated carbocycles. The second-order valence-corrected chi connectivity index (χ2v) is 8.38. The maximum Gasteiger partial charge on any atom is 0.227 e. The van der Waals surface area contributed by atoms with Crippen molar-refractivity contribution in [2.24, 2.45) is 11.8 Å². The van der Waals surface area contributed by atoms with E-state index in [1.54, 1.807) is 14.2 Å². The third-order valence-corrected chi connectivity index (χ3v) is 6.63. The molecule has 6 nitrogen and oxygen atoms in total. The first-order chi connectivity index (χ1) is 13.6. The molecule has 3 aliphatic heterocycles. The molecule has 152 valence electrons. The molecule has 0 radical (unpaired) electrons. The Morgan fingerprint density at radius 2 is 1.86 bits per heavy atom. The number of hydrogen-bond acceptors (Lipinski definition) is 4. The first-order valence-corrected chi connectivity index (χ1v) is 10.4. The number of carbonyl (C=O) groups is 2. The van der Waals surface area contributed by atoms with E-state index in [1.807, 2.05) is 23.1 Å². The van der Waals surface area contributed by atoms with Gasteiger partial charge in [0.15, 0.2) is 11.5 Å². The fraction of sp³-hybridized carbons (Fsp3) is 0.636. The summed E-state index contributed by atoms with van der Waals surface area (Å²) in [6.07, 6.45) is 6.01. The second kappa shape index (κ2) is 8.02. The van der Waals surface area contributed by atoms with Gasteiger partial charge in [-0.3, -0.25) is 9.59 Å². The third kappa shape index (κ3) is 3.69. The summed E-state index contributed by atoms with van der Waals surface area (Å²) in [4.78, 5) is 30.0. The topological polar surface area (TPSA) is 59.1 Å². The van der Waals surface area contributed by atoms with Crippen LogP contribution in [0.2, 0.25) is 0 Å². The molecular formula is C22H30N2O4. The number of ether oxygens (including phenoxy) is 2. The van der Waals surface area contributed by atoms with Crippen LogP contribution in [0.3, 0.4) is 0 Å². The van der Waals surface area contributed by atoms with Crippen LogP contribution in [0.15, 0.2) is 18.2 Å². The highest BCUT2D eigenvalue weighted by Crippen LogP contribution is 2.34.